The number of methoxy groups -OCH3 is 1. The number of hydrogen-bond acceptors (Lipinski definition) is 6. The molecule has 0 bridgehead atoms. The van der Waals surface area contributed by atoms with Crippen LogP contribution in [0.2, 0.25) is 5.02 Å². The fourth-order valence-corrected chi connectivity index (χ4v) is 2.11. The summed E-state index contributed by atoms with van der Waals surface area (Å²) in [6, 6.07) is 10.3. The van der Waals surface area contributed by atoms with Crippen LogP contribution in [0.3, 0.4) is 0 Å². The fourth-order valence-electron chi connectivity index (χ4n) is 1.94. The molecule has 0 saturated heterocycles. The van der Waals surface area contributed by atoms with Crippen molar-refractivity contribution in [1.82, 2.24) is 0 Å². The first-order valence-electron chi connectivity index (χ1n) is 6.89. The van der Waals surface area contributed by atoms with Gasteiger partial charge in [0.25, 0.3) is 5.91 Å². The maximum absolute atomic E-state index is 12.0. The summed E-state index contributed by atoms with van der Waals surface area (Å²) in [5.41, 5.74) is 0.133. The predicted octanol–water partition coefficient (Wildman–Crippen LogP) is 3.15. The lowest BCUT2D eigenvalue weighted by Crippen LogP contribution is -2.21. The number of amides is 1. The number of nitro benzene ring substituents is 1. The van der Waals surface area contributed by atoms with Crippen LogP contribution in [0, 0.1) is 21.4 Å². The van der Waals surface area contributed by atoms with Gasteiger partial charge in [0.1, 0.15) is 11.8 Å². The van der Waals surface area contributed by atoms with Crippen molar-refractivity contribution in [2.45, 2.75) is 0 Å². The molecule has 8 nitrogen and oxygen atoms in total. The van der Waals surface area contributed by atoms with Crippen LogP contribution < -0.4 is 14.8 Å². The Bertz CT molecular complexity index is 863. The van der Waals surface area contributed by atoms with Crippen LogP contribution in [0.4, 0.5) is 11.4 Å². The Morgan fingerprint density at radius 2 is 2.12 bits per heavy atom. The highest BCUT2D eigenvalue weighted by molar-refractivity contribution is 6.31. The van der Waals surface area contributed by atoms with Crippen molar-refractivity contribution in [3.8, 4) is 17.6 Å². The Labute approximate surface area is 147 Å². The van der Waals surface area contributed by atoms with Gasteiger partial charge in [0.05, 0.1) is 29.4 Å². The molecule has 2 rings (SSSR count). The second kappa shape index (κ2) is 7.99. The molecule has 0 aliphatic carbocycles. The zero-order valence-electron chi connectivity index (χ0n) is 13.0. The Morgan fingerprint density at radius 3 is 2.76 bits per heavy atom. The zero-order valence-corrected chi connectivity index (χ0v) is 13.7. The number of nitrogens with one attached hydrogen (secondary N) is 1. The topological polar surface area (TPSA) is 114 Å². The van der Waals surface area contributed by atoms with Gasteiger partial charge in [0, 0.05) is 5.02 Å². The highest BCUT2D eigenvalue weighted by Crippen LogP contribution is 2.31. The van der Waals surface area contributed by atoms with Crippen molar-refractivity contribution in [2.75, 3.05) is 19.0 Å². The van der Waals surface area contributed by atoms with E-state index in [-0.39, 0.29) is 22.7 Å². The number of carbonyl (C=O) groups excluding carboxylic acids is 1. The smallest absolute Gasteiger partial charge is 0.314 e. The van der Waals surface area contributed by atoms with Gasteiger partial charge in [0.15, 0.2) is 12.4 Å². The molecule has 0 unspecified atom stereocenters. The lowest BCUT2D eigenvalue weighted by Gasteiger charge is -2.10. The third-order valence-corrected chi connectivity index (χ3v) is 3.33. The fraction of sp³-hybridized carbons (Fsp3) is 0.125. The summed E-state index contributed by atoms with van der Waals surface area (Å²) in [4.78, 5) is 22.4. The summed E-state index contributed by atoms with van der Waals surface area (Å²) in [5.74, 6) is -0.377. The normalized spacial score (nSPS) is 9.80. The van der Waals surface area contributed by atoms with Gasteiger partial charge in [-0.1, -0.05) is 11.6 Å². The van der Waals surface area contributed by atoms with Gasteiger partial charge in [-0.15, -0.1) is 0 Å². The van der Waals surface area contributed by atoms with Gasteiger partial charge in [-0.3, -0.25) is 14.9 Å². The van der Waals surface area contributed by atoms with Gasteiger partial charge in [0.2, 0.25) is 0 Å². The molecule has 0 atom stereocenters. The predicted molar refractivity (Wildman–Crippen MR) is 89.9 cm³/mol. The van der Waals surface area contributed by atoms with Crippen molar-refractivity contribution in [1.29, 1.82) is 5.26 Å². The van der Waals surface area contributed by atoms with Gasteiger partial charge >= 0.3 is 5.69 Å². The number of ether oxygens (including phenoxy) is 2. The highest BCUT2D eigenvalue weighted by atomic mass is 35.5. The number of halogens is 1. The van der Waals surface area contributed by atoms with Crippen LogP contribution in [-0.2, 0) is 4.79 Å². The molecule has 0 aliphatic heterocycles. The molecule has 1 amide bonds. The van der Waals surface area contributed by atoms with E-state index in [1.54, 1.807) is 0 Å². The standard InChI is InChI=1S/C16H12ClN3O5/c1-24-12-4-5-15(14(7-12)20(22)23)25-9-16(21)19-13-6-11(17)3-2-10(13)8-18/h2-7H,9H2,1H3,(H,19,21). The maximum atomic E-state index is 12.0. The summed E-state index contributed by atoms with van der Waals surface area (Å²) in [7, 11) is 1.38. The van der Waals surface area contributed by atoms with E-state index in [0.29, 0.717) is 10.8 Å². The van der Waals surface area contributed by atoms with Gasteiger partial charge < -0.3 is 14.8 Å². The molecule has 9 heteroatoms. The molecular formula is C16H12ClN3O5. The highest BCUT2D eigenvalue weighted by Gasteiger charge is 2.18. The number of carbonyl (C=O) groups is 1. The van der Waals surface area contributed by atoms with Crippen molar-refractivity contribution >= 4 is 28.9 Å². The first kappa shape index (κ1) is 18.0. The third kappa shape index (κ3) is 4.59. The number of benzene rings is 2. The minimum absolute atomic E-state index is 0.0763. The Morgan fingerprint density at radius 1 is 1.36 bits per heavy atom. The lowest BCUT2D eigenvalue weighted by molar-refractivity contribution is -0.385. The average molecular weight is 362 g/mol. The van der Waals surface area contributed by atoms with Crippen LogP contribution >= 0.6 is 11.6 Å². The lowest BCUT2D eigenvalue weighted by atomic mass is 10.2. The number of nitrogens with zero attached hydrogens (tertiary/aromatic N) is 2. The van der Waals surface area contributed by atoms with Crippen molar-refractivity contribution < 1.29 is 19.2 Å². The second-order valence-corrected chi connectivity index (χ2v) is 5.17. The Hall–Kier alpha value is -3.31. The molecule has 0 aliphatic rings. The first-order chi connectivity index (χ1) is 11.9. The SMILES string of the molecule is COc1ccc(OCC(=O)Nc2cc(Cl)ccc2C#N)c([N+](=O)[O-])c1. The summed E-state index contributed by atoms with van der Waals surface area (Å²) >= 11 is 5.84. The molecule has 128 valence electrons. The van der Waals surface area contributed by atoms with E-state index in [1.807, 2.05) is 6.07 Å². The van der Waals surface area contributed by atoms with Gasteiger partial charge in [-0.05, 0) is 30.3 Å². The molecule has 0 spiro atoms. The summed E-state index contributed by atoms with van der Waals surface area (Å²) in [5, 5.41) is 22.9. The summed E-state index contributed by atoms with van der Waals surface area (Å²) < 4.78 is 10.1. The zero-order chi connectivity index (χ0) is 18.4. The van der Waals surface area contributed by atoms with E-state index in [2.05, 4.69) is 5.32 Å². The van der Waals surface area contributed by atoms with Crippen LogP contribution in [-0.4, -0.2) is 24.5 Å². The van der Waals surface area contributed by atoms with Crippen LogP contribution in [0.5, 0.6) is 11.5 Å². The van der Waals surface area contributed by atoms with Crippen LogP contribution in [0.15, 0.2) is 36.4 Å². The minimum atomic E-state index is -0.638. The molecule has 25 heavy (non-hydrogen) atoms. The summed E-state index contributed by atoms with van der Waals surface area (Å²) in [6.07, 6.45) is 0. The molecule has 1 N–H and O–H groups in total. The number of nitriles is 1. The number of nitro groups is 1. The first-order valence-corrected chi connectivity index (χ1v) is 7.27. The van der Waals surface area contributed by atoms with Crippen molar-refractivity contribution in [2.24, 2.45) is 0 Å². The van der Waals surface area contributed by atoms with E-state index in [9.17, 15) is 14.9 Å². The van der Waals surface area contributed by atoms with E-state index >= 15 is 0 Å². The molecule has 0 saturated carbocycles. The number of anilines is 1. The van der Waals surface area contributed by atoms with Gasteiger partial charge in [-0.2, -0.15) is 5.26 Å². The largest absolute Gasteiger partial charge is 0.496 e. The van der Waals surface area contributed by atoms with Crippen LogP contribution in [0.25, 0.3) is 0 Å². The second-order valence-electron chi connectivity index (χ2n) is 4.73. The molecular weight excluding hydrogens is 350 g/mol. The minimum Gasteiger partial charge on any atom is -0.496 e. The molecule has 0 aromatic heterocycles. The summed E-state index contributed by atoms with van der Waals surface area (Å²) in [6.45, 7) is -0.482. The maximum Gasteiger partial charge on any atom is 0.314 e. The van der Waals surface area contributed by atoms with Crippen molar-refractivity contribution in [3.05, 3.63) is 57.1 Å². The molecule has 2 aromatic carbocycles. The van der Waals surface area contributed by atoms with E-state index < -0.39 is 17.4 Å². The van der Waals surface area contributed by atoms with Crippen LogP contribution in [0.1, 0.15) is 5.56 Å². The Kier molecular flexibility index (Phi) is 5.76. The quantitative estimate of drug-likeness (QED) is 0.624. The van der Waals surface area contributed by atoms with Gasteiger partial charge in [-0.25, -0.2) is 0 Å². The van der Waals surface area contributed by atoms with Crippen molar-refractivity contribution in [3.63, 3.8) is 0 Å². The monoisotopic (exact) mass is 361 g/mol. The van der Waals surface area contributed by atoms with E-state index in [1.165, 1.54) is 43.5 Å². The molecule has 0 radical (unpaired) electrons. The molecule has 0 fully saturated rings. The van der Waals surface area contributed by atoms with E-state index in [4.69, 9.17) is 26.3 Å². The number of hydrogen-bond donors (Lipinski definition) is 1. The molecule has 0 heterocycles. The molecule has 2 aromatic rings. The van der Waals surface area contributed by atoms with E-state index in [0.717, 1.165) is 0 Å². The average Bonchev–Trinajstić information content (AvgIpc) is 2.60. The Balaban J connectivity index is 2.10. The third-order valence-electron chi connectivity index (χ3n) is 3.10. The number of rotatable bonds is 6.